The van der Waals surface area contributed by atoms with Gasteiger partial charge in [0.1, 0.15) is 11.4 Å². The Balaban J connectivity index is 2.08. The molecule has 0 bridgehead atoms. The molecule has 0 aliphatic heterocycles. The summed E-state index contributed by atoms with van der Waals surface area (Å²) in [4.78, 5) is 15.8. The van der Waals surface area contributed by atoms with Crippen molar-refractivity contribution in [2.24, 2.45) is 5.10 Å². The maximum absolute atomic E-state index is 12.1. The summed E-state index contributed by atoms with van der Waals surface area (Å²) in [5, 5.41) is 4.07. The summed E-state index contributed by atoms with van der Waals surface area (Å²) in [6, 6.07) is 11.0. The highest BCUT2D eigenvalue weighted by molar-refractivity contribution is 6.01. The van der Waals surface area contributed by atoms with Crippen LogP contribution in [0.5, 0.6) is 5.75 Å². The predicted octanol–water partition coefficient (Wildman–Crippen LogP) is 3.23. The smallest absolute Gasteiger partial charge is 0.387 e. The van der Waals surface area contributed by atoms with Crippen molar-refractivity contribution < 1.29 is 18.3 Å². The predicted molar refractivity (Wildman–Crippen MR) is 81.6 cm³/mol. The van der Waals surface area contributed by atoms with Crippen LogP contribution in [0.25, 0.3) is 0 Å². The number of hydrazone groups is 1. The van der Waals surface area contributed by atoms with Crippen molar-refractivity contribution in [1.29, 1.82) is 0 Å². The van der Waals surface area contributed by atoms with Crippen LogP contribution in [0.3, 0.4) is 0 Å². The van der Waals surface area contributed by atoms with Gasteiger partial charge >= 0.3 is 6.61 Å². The number of aromatic nitrogens is 1. The second kappa shape index (κ2) is 7.98. The Morgan fingerprint density at radius 1 is 1.26 bits per heavy atom. The first-order valence-corrected chi connectivity index (χ1v) is 6.93. The van der Waals surface area contributed by atoms with Gasteiger partial charge in [-0.3, -0.25) is 9.78 Å². The molecule has 2 aromatic rings. The molecule has 0 aliphatic carbocycles. The van der Waals surface area contributed by atoms with Crippen LogP contribution in [0.2, 0.25) is 0 Å². The van der Waals surface area contributed by atoms with Gasteiger partial charge in [0.2, 0.25) is 0 Å². The number of nitrogens with zero attached hydrogens (tertiary/aromatic N) is 2. The van der Waals surface area contributed by atoms with Crippen molar-refractivity contribution in [3.05, 3.63) is 59.9 Å². The summed E-state index contributed by atoms with van der Waals surface area (Å²) in [6.45, 7) is -0.993. The molecule has 7 heteroatoms. The van der Waals surface area contributed by atoms with E-state index in [-0.39, 0.29) is 11.4 Å². The van der Waals surface area contributed by atoms with Crippen LogP contribution in [0.1, 0.15) is 29.4 Å². The fraction of sp³-hybridized carbons (Fsp3) is 0.188. The number of hydrogen-bond donors (Lipinski definition) is 1. The van der Waals surface area contributed by atoms with E-state index in [1.54, 1.807) is 30.3 Å². The van der Waals surface area contributed by atoms with E-state index in [1.165, 1.54) is 18.3 Å². The largest absolute Gasteiger partial charge is 0.435 e. The van der Waals surface area contributed by atoms with E-state index in [4.69, 9.17) is 0 Å². The average molecular weight is 319 g/mol. The maximum atomic E-state index is 12.1. The fourth-order valence-electron chi connectivity index (χ4n) is 1.85. The van der Waals surface area contributed by atoms with Gasteiger partial charge in [-0.2, -0.15) is 13.9 Å². The van der Waals surface area contributed by atoms with Gasteiger partial charge in [0.15, 0.2) is 0 Å². The Hall–Kier alpha value is -2.83. The number of halogens is 2. The molecular weight excluding hydrogens is 304 g/mol. The highest BCUT2D eigenvalue weighted by atomic mass is 19.3. The van der Waals surface area contributed by atoms with Crippen LogP contribution < -0.4 is 10.2 Å². The quantitative estimate of drug-likeness (QED) is 0.657. The molecule has 0 aliphatic rings. The summed E-state index contributed by atoms with van der Waals surface area (Å²) in [5.74, 6) is -0.356. The highest BCUT2D eigenvalue weighted by Crippen LogP contribution is 2.16. The Morgan fingerprint density at radius 2 is 2.00 bits per heavy atom. The number of alkyl halides is 2. The molecule has 1 amide bonds. The summed E-state index contributed by atoms with van der Waals surface area (Å²) in [7, 11) is 0. The van der Waals surface area contributed by atoms with Gasteiger partial charge in [0.05, 0.1) is 5.71 Å². The van der Waals surface area contributed by atoms with Crippen molar-refractivity contribution in [2.45, 2.75) is 20.0 Å². The summed E-state index contributed by atoms with van der Waals surface area (Å²) in [6.07, 6.45) is 2.07. The van der Waals surface area contributed by atoms with Crippen LogP contribution in [0.4, 0.5) is 8.78 Å². The van der Waals surface area contributed by atoms with E-state index >= 15 is 0 Å². The van der Waals surface area contributed by atoms with Crippen molar-refractivity contribution in [3.63, 3.8) is 0 Å². The molecule has 1 aromatic carbocycles. The first kappa shape index (κ1) is 16.5. The minimum Gasteiger partial charge on any atom is -0.435 e. The fourth-order valence-corrected chi connectivity index (χ4v) is 1.85. The number of amides is 1. The van der Waals surface area contributed by atoms with Crippen molar-refractivity contribution in [1.82, 2.24) is 10.4 Å². The Bertz CT molecular complexity index is 673. The second-order valence-corrected chi connectivity index (χ2v) is 4.47. The molecule has 1 aromatic heterocycles. The molecule has 23 heavy (non-hydrogen) atoms. The lowest BCUT2D eigenvalue weighted by Gasteiger charge is -2.07. The zero-order valence-corrected chi connectivity index (χ0v) is 12.4. The molecular formula is C16H15F2N3O2. The van der Waals surface area contributed by atoms with Crippen LogP contribution >= 0.6 is 0 Å². The van der Waals surface area contributed by atoms with Crippen LogP contribution in [-0.4, -0.2) is 23.2 Å². The van der Waals surface area contributed by atoms with Crippen LogP contribution in [0.15, 0.2) is 53.8 Å². The average Bonchev–Trinajstić information content (AvgIpc) is 2.57. The summed E-state index contributed by atoms with van der Waals surface area (Å²) >= 11 is 0. The summed E-state index contributed by atoms with van der Waals surface area (Å²) in [5.41, 5.74) is 4.00. The van der Waals surface area contributed by atoms with Crippen molar-refractivity contribution in [3.8, 4) is 5.75 Å². The number of carbonyl (C=O) groups excluding carboxylic acids is 1. The molecule has 5 nitrogen and oxygen atoms in total. The highest BCUT2D eigenvalue weighted by Gasteiger charge is 2.08. The molecule has 0 atom stereocenters. The third-order valence-corrected chi connectivity index (χ3v) is 2.94. The lowest BCUT2D eigenvalue weighted by atomic mass is 10.1. The number of nitrogens with one attached hydrogen (secondary N) is 1. The van der Waals surface area contributed by atoms with Gasteiger partial charge in [-0.15, -0.1) is 0 Å². The molecule has 0 unspecified atom stereocenters. The van der Waals surface area contributed by atoms with Gasteiger partial charge < -0.3 is 4.74 Å². The normalized spacial score (nSPS) is 11.4. The lowest BCUT2D eigenvalue weighted by molar-refractivity contribution is -0.0498. The van der Waals surface area contributed by atoms with E-state index < -0.39 is 12.5 Å². The Labute approximate surface area is 132 Å². The third kappa shape index (κ3) is 4.84. The van der Waals surface area contributed by atoms with Gasteiger partial charge in [-0.25, -0.2) is 5.43 Å². The number of carbonyl (C=O) groups is 1. The molecule has 0 radical (unpaired) electrons. The van der Waals surface area contributed by atoms with Crippen LogP contribution in [0, 0.1) is 0 Å². The zero-order chi connectivity index (χ0) is 16.7. The minimum absolute atomic E-state index is 0.0664. The molecule has 0 saturated carbocycles. The van der Waals surface area contributed by atoms with Gasteiger partial charge in [0, 0.05) is 6.20 Å². The molecule has 1 heterocycles. The molecule has 0 fully saturated rings. The minimum atomic E-state index is -2.86. The molecule has 120 valence electrons. The molecule has 0 spiro atoms. The standard InChI is InChI=1S/C16H15F2N3O2/c1-2-13(11-6-8-12(9-7-11)23-16(17)18)20-21-15(22)14-5-3-4-10-19-14/h3-10,16H,2H2,1H3,(H,21,22)/b20-13-. The molecule has 1 N–H and O–H groups in total. The van der Waals surface area contributed by atoms with Gasteiger partial charge in [-0.05, 0) is 48.4 Å². The Kier molecular flexibility index (Phi) is 5.74. The summed E-state index contributed by atoms with van der Waals surface area (Å²) < 4.78 is 28.5. The van der Waals surface area contributed by atoms with E-state index in [0.717, 1.165) is 0 Å². The number of pyridine rings is 1. The monoisotopic (exact) mass is 319 g/mol. The first-order chi connectivity index (χ1) is 11.1. The molecule has 2 rings (SSSR count). The lowest BCUT2D eigenvalue weighted by Crippen LogP contribution is -2.20. The third-order valence-electron chi connectivity index (χ3n) is 2.94. The topological polar surface area (TPSA) is 63.6 Å². The number of benzene rings is 1. The van der Waals surface area contributed by atoms with E-state index in [9.17, 15) is 13.6 Å². The number of rotatable bonds is 6. The zero-order valence-electron chi connectivity index (χ0n) is 12.4. The maximum Gasteiger partial charge on any atom is 0.387 e. The van der Waals surface area contributed by atoms with Gasteiger partial charge in [-0.1, -0.05) is 13.0 Å². The first-order valence-electron chi connectivity index (χ1n) is 6.93. The van der Waals surface area contributed by atoms with E-state index in [0.29, 0.717) is 17.7 Å². The Morgan fingerprint density at radius 3 is 2.57 bits per heavy atom. The molecule has 0 saturated heterocycles. The van der Waals surface area contributed by atoms with E-state index in [2.05, 4.69) is 20.2 Å². The van der Waals surface area contributed by atoms with Crippen molar-refractivity contribution in [2.75, 3.05) is 0 Å². The van der Waals surface area contributed by atoms with Gasteiger partial charge in [0.25, 0.3) is 5.91 Å². The number of ether oxygens (including phenoxy) is 1. The SMILES string of the molecule is CC/C(=N/NC(=O)c1ccccn1)c1ccc(OC(F)F)cc1. The van der Waals surface area contributed by atoms with Crippen LogP contribution in [-0.2, 0) is 0 Å². The van der Waals surface area contributed by atoms with Crippen molar-refractivity contribution >= 4 is 11.6 Å². The second-order valence-electron chi connectivity index (χ2n) is 4.47. The van der Waals surface area contributed by atoms with E-state index in [1.807, 2.05) is 6.92 Å². The number of hydrogen-bond acceptors (Lipinski definition) is 4.